The van der Waals surface area contributed by atoms with Crippen molar-refractivity contribution < 1.29 is 4.74 Å². The van der Waals surface area contributed by atoms with Crippen LogP contribution in [-0.2, 0) is 0 Å². The number of methoxy groups -OCH3 is 1. The van der Waals surface area contributed by atoms with Crippen LogP contribution < -0.4 is 4.74 Å². The zero-order chi connectivity index (χ0) is 8.81. The summed E-state index contributed by atoms with van der Waals surface area (Å²) in [6.45, 7) is 0. The second-order valence-corrected chi connectivity index (χ2v) is 2.57. The van der Waals surface area contributed by atoms with E-state index in [0.717, 1.165) is 17.2 Å². The van der Waals surface area contributed by atoms with Crippen LogP contribution in [0.2, 0.25) is 0 Å². The van der Waals surface area contributed by atoms with Crippen molar-refractivity contribution in [2.24, 2.45) is 0 Å². The number of pyridine rings is 1. The molecule has 0 aliphatic heterocycles. The van der Waals surface area contributed by atoms with Gasteiger partial charge in [-0.25, -0.2) is 0 Å². The summed E-state index contributed by atoms with van der Waals surface area (Å²) in [6, 6.07) is 3.78. The molecule has 3 heteroatoms. The number of hydrogen-bond donors (Lipinski definition) is 1. The average Bonchev–Trinajstić information content (AvgIpc) is 2.15. The number of ether oxygens (including phenoxy) is 1. The molecule has 0 aliphatic carbocycles. The van der Waals surface area contributed by atoms with E-state index < -0.39 is 0 Å². The Morgan fingerprint density at radius 1 is 1.58 bits per heavy atom. The second-order valence-electron chi connectivity index (χ2n) is 2.21. The smallest absolute Gasteiger partial charge is 0.137 e. The fourth-order valence-electron chi connectivity index (χ4n) is 0.785. The molecule has 0 unspecified atom stereocenters. The molecule has 0 aromatic carbocycles. The van der Waals surface area contributed by atoms with Crippen molar-refractivity contribution in [1.29, 1.82) is 0 Å². The molecule has 0 spiro atoms. The summed E-state index contributed by atoms with van der Waals surface area (Å²) in [5, 5.41) is 0. The number of aromatic nitrogens is 1. The lowest BCUT2D eigenvalue weighted by atomic mass is 10.3. The minimum Gasteiger partial charge on any atom is -0.495 e. The van der Waals surface area contributed by atoms with Gasteiger partial charge in [-0.3, -0.25) is 4.98 Å². The van der Waals surface area contributed by atoms with Crippen LogP contribution in [0.15, 0.2) is 24.4 Å². The van der Waals surface area contributed by atoms with Crippen LogP contribution in [0.25, 0.3) is 6.08 Å². The Bertz CT molecular complexity index is 256. The zero-order valence-electron chi connectivity index (χ0n) is 6.90. The summed E-state index contributed by atoms with van der Waals surface area (Å²) in [5.41, 5.74) is 0.921. The Hall–Kier alpha value is -0.960. The lowest BCUT2D eigenvalue weighted by molar-refractivity contribution is 0.413. The van der Waals surface area contributed by atoms with E-state index in [0.29, 0.717) is 0 Å². The number of nitrogens with zero attached hydrogens (tertiary/aromatic N) is 1. The summed E-state index contributed by atoms with van der Waals surface area (Å²) in [6.07, 6.45) is 5.56. The highest BCUT2D eigenvalue weighted by molar-refractivity contribution is 7.80. The van der Waals surface area contributed by atoms with Crippen LogP contribution in [0.4, 0.5) is 0 Å². The van der Waals surface area contributed by atoms with Crippen molar-refractivity contribution >= 4 is 18.7 Å². The monoisotopic (exact) mass is 181 g/mol. The molecule has 0 saturated heterocycles. The number of thiol groups is 1. The highest BCUT2D eigenvalue weighted by Gasteiger charge is 1.89. The molecule has 0 radical (unpaired) electrons. The van der Waals surface area contributed by atoms with E-state index in [2.05, 4.69) is 17.6 Å². The Morgan fingerprint density at radius 2 is 2.42 bits per heavy atom. The molecule has 1 rings (SSSR count). The van der Waals surface area contributed by atoms with Crippen molar-refractivity contribution in [3.05, 3.63) is 30.1 Å². The molecule has 2 nitrogen and oxygen atoms in total. The number of rotatable bonds is 3. The van der Waals surface area contributed by atoms with Gasteiger partial charge in [0.2, 0.25) is 0 Å². The van der Waals surface area contributed by atoms with Gasteiger partial charge in [0.25, 0.3) is 0 Å². The van der Waals surface area contributed by atoms with E-state index in [9.17, 15) is 0 Å². The van der Waals surface area contributed by atoms with E-state index in [1.165, 1.54) is 0 Å². The van der Waals surface area contributed by atoms with Crippen LogP contribution in [0, 0.1) is 0 Å². The van der Waals surface area contributed by atoms with Gasteiger partial charge in [-0.2, -0.15) is 12.6 Å². The lowest BCUT2D eigenvalue weighted by Crippen LogP contribution is -1.85. The molecule has 1 heterocycles. The maximum atomic E-state index is 4.97. The van der Waals surface area contributed by atoms with Gasteiger partial charge in [-0.15, -0.1) is 0 Å². The summed E-state index contributed by atoms with van der Waals surface area (Å²) in [5.74, 6) is 1.51. The van der Waals surface area contributed by atoms with Gasteiger partial charge in [0.05, 0.1) is 19.0 Å². The van der Waals surface area contributed by atoms with Crippen molar-refractivity contribution in [3.63, 3.8) is 0 Å². The van der Waals surface area contributed by atoms with Gasteiger partial charge in [0, 0.05) is 5.75 Å². The molecule has 0 bridgehead atoms. The topological polar surface area (TPSA) is 22.1 Å². The molecule has 64 valence electrons. The standard InChI is InChI=1S/C9H11NOS/c1-11-9-5-4-8(10-7-9)3-2-6-12/h2-5,7,12H,6H2,1H3. The Balaban J connectivity index is 2.71. The van der Waals surface area contributed by atoms with E-state index in [-0.39, 0.29) is 0 Å². The predicted octanol–water partition coefficient (Wildman–Crippen LogP) is 2.03. The van der Waals surface area contributed by atoms with E-state index in [4.69, 9.17) is 4.74 Å². The molecule has 12 heavy (non-hydrogen) atoms. The molecule has 0 saturated carbocycles. The Morgan fingerprint density at radius 3 is 2.92 bits per heavy atom. The average molecular weight is 181 g/mol. The van der Waals surface area contributed by atoms with Crippen molar-refractivity contribution in [3.8, 4) is 5.75 Å². The lowest BCUT2D eigenvalue weighted by Gasteiger charge is -1.97. The van der Waals surface area contributed by atoms with Gasteiger partial charge in [-0.05, 0) is 18.2 Å². The molecular weight excluding hydrogens is 170 g/mol. The third-order valence-electron chi connectivity index (χ3n) is 1.39. The SMILES string of the molecule is COc1ccc(C=CCS)nc1. The first-order valence-electron chi connectivity index (χ1n) is 3.64. The molecule has 0 atom stereocenters. The number of hydrogen-bond acceptors (Lipinski definition) is 3. The van der Waals surface area contributed by atoms with Crippen molar-refractivity contribution in [2.45, 2.75) is 0 Å². The van der Waals surface area contributed by atoms with Crippen LogP contribution in [0.3, 0.4) is 0 Å². The zero-order valence-corrected chi connectivity index (χ0v) is 7.79. The highest BCUT2D eigenvalue weighted by atomic mass is 32.1. The molecule has 0 amide bonds. The molecule has 1 aromatic rings. The first-order chi connectivity index (χ1) is 5.86. The van der Waals surface area contributed by atoms with Crippen LogP contribution in [0.1, 0.15) is 5.69 Å². The molecular formula is C9H11NOS. The minimum atomic E-state index is 0.730. The Labute approximate surface area is 77.7 Å². The fraction of sp³-hybridized carbons (Fsp3) is 0.222. The summed E-state index contributed by atoms with van der Waals surface area (Å²) >= 11 is 4.05. The first-order valence-corrected chi connectivity index (χ1v) is 4.27. The fourth-order valence-corrected chi connectivity index (χ4v) is 0.890. The minimum absolute atomic E-state index is 0.730. The van der Waals surface area contributed by atoms with Gasteiger partial charge < -0.3 is 4.74 Å². The van der Waals surface area contributed by atoms with E-state index >= 15 is 0 Å². The summed E-state index contributed by atoms with van der Waals surface area (Å²) in [4.78, 5) is 4.14. The van der Waals surface area contributed by atoms with Gasteiger partial charge in [0.15, 0.2) is 0 Å². The molecule has 0 fully saturated rings. The molecule has 0 N–H and O–H groups in total. The van der Waals surface area contributed by atoms with E-state index in [1.54, 1.807) is 13.3 Å². The molecule has 0 aliphatic rings. The third kappa shape index (κ3) is 2.58. The maximum absolute atomic E-state index is 4.97. The second kappa shape index (κ2) is 4.83. The van der Waals surface area contributed by atoms with Crippen LogP contribution in [-0.4, -0.2) is 17.8 Å². The highest BCUT2D eigenvalue weighted by Crippen LogP contribution is 2.08. The maximum Gasteiger partial charge on any atom is 0.137 e. The first kappa shape index (κ1) is 9.13. The van der Waals surface area contributed by atoms with Gasteiger partial charge >= 0.3 is 0 Å². The van der Waals surface area contributed by atoms with Gasteiger partial charge in [-0.1, -0.05) is 6.08 Å². The third-order valence-corrected chi connectivity index (χ3v) is 1.60. The largest absolute Gasteiger partial charge is 0.495 e. The quantitative estimate of drug-likeness (QED) is 0.721. The summed E-state index contributed by atoms with van der Waals surface area (Å²) < 4.78 is 4.97. The predicted molar refractivity (Wildman–Crippen MR) is 53.7 cm³/mol. The van der Waals surface area contributed by atoms with Crippen molar-refractivity contribution in [2.75, 3.05) is 12.9 Å². The van der Waals surface area contributed by atoms with Gasteiger partial charge in [0.1, 0.15) is 5.75 Å². The molecule has 1 aromatic heterocycles. The van der Waals surface area contributed by atoms with E-state index in [1.807, 2.05) is 24.3 Å². The Kier molecular flexibility index (Phi) is 3.67. The van der Waals surface area contributed by atoms with Crippen LogP contribution in [0.5, 0.6) is 5.75 Å². The van der Waals surface area contributed by atoms with Crippen LogP contribution >= 0.6 is 12.6 Å². The normalized spacial score (nSPS) is 10.5. The summed E-state index contributed by atoms with van der Waals surface area (Å²) in [7, 11) is 1.63. The van der Waals surface area contributed by atoms with Crippen molar-refractivity contribution in [1.82, 2.24) is 4.98 Å².